The molecule has 0 bridgehead atoms. The molecule has 0 saturated carbocycles. The van der Waals surface area contributed by atoms with Gasteiger partial charge in [-0.1, -0.05) is 13.8 Å². The minimum Gasteiger partial charge on any atom is -0.481 e. The molecule has 100 valence electrons. The zero-order chi connectivity index (χ0) is 13.6. The molecule has 0 aliphatic heterocycles. The zero-order valence-corrected chi connectivity index (χ0v) is 11.4. The van der Waals surface area contributed by atoms with Crippen LogP contribution in [-0.2, 0) is 11.3 Å². The molecule has 4 heteroatoms. The molecule has 0 spiro atoms. The lowest BCUT2D eigenvalue weighted by Crippen LogP contribution is -2.40. The highest BCUT2D eigenvalue weighted by Gasteiger charge is 2.34. The van der Waals surface area contributed by atoms with Crippen molar-refractivity contribution in [3.8, 4) is 0 Å². The fourth-order valence-electron chi connectivity index (χ4n) is 2.00. The van der Waals surface area contributed by atoms with Gasteiger partial charge >= 0.3 is 5.97 Å². The predicted molar refractivity (Wildman–Crippen MR) is 71.3 cm³/mol. The van der Waals surface area contributed by atoms with E-state index in [0.717, 1.165) is 5.56 Å². The number of hydrogen-bond donors (Lipinski definition) is 2. The molecule has 0 saturated heterocycles. The van der Waals surface area contributed by atoms with Crippen LogP contribution in [0.3, 0.4) is 0 Å². The molecule has 0 unspecified atom stereocenters. The van der Waals surface area contributed by atoms with Crippen LogP contribution in [0.5, 0.6) is 0 Å². The summed E-state index contributed by atoms with van der Waals surface area (Å²) in [4.78, 5) is 15.4. The van der Waals surface area contributed by atoms with Gasteiger partial charge in [0.25, 0.3) is 0 Å². The number of aryl methyl sites for hydroxylation is 1. The summed E-state index contributed by atoms with van der Waals surface area (Å²) in [5.41, 5.74) is 1.63. The van der Waals surface area contributed by atoms with E-state index >= 15 is 0 Å². The average molecular weight is 250 g/mol. The van der Waals surface area contributed by atoms with E-state index in [1.807, 2.05) is 33.0 Å². The standard InChI is InChI=1S/C14H22N2O2/c1-4-14(5-2,13(17)18)10-16-9-12-8-15-7-6-11(12)3/h6-8,16H,4-5,9-10H2,1-3H3,(H,17,18). The molecule has 0 aromatic carbocycles. The maximum absolute atomic E-state index is 11.3. The molecule has 0 radical (unpaired) electrons. The summed E-state index contributed by atoms with van der Waals surface area (Å²) >= 11 is 0. The van der Waals surface area contributed by atoms with Gasteiger partial charge in [0.15, 0.2) is 0 Å². The Kier molecular flexibility index (Phi) is 5.28. The maximum atomic E-state index is 11.3. The molecule has 1 aromatic rings. The first-order valence-corrected chi connectivity index (χ1v) is 6.39. The van der Waals surface area contributed by atoms with Gasteiger partial charge in [0.1, 0.15) is 0 Å². The van der Waals surface area contributed by atoms with Crippen LogP contribution in [0.2, 0.25) is 0 Å². The van der Waals surface area contributed by atoms with E-state index in [2.05, 4.69) is 10.3 Å². The van der Waals surface area contributed by atoms with Gasteiger partial charge in [0.05, 0.1) is 5.41 Å². The summed E-state index contributed by atoms with van der Waals surface area (Å²) in [7, 11) is 0. The van der Waals surface area contributed by atoms with E-state index in [1.165, 1.54) is 5.56 Å². The Morgan fingerprint density at radius 1 is 1.44 bits per heavy atom. The second kappa shape index (κ2) is 6.50. The topological polar surface area (TPSA) is 62.2 Å². The minimum atomic E-state index is -0.720. The molecule has 1 aromatic heterocycles. The summed E-state index contributed by atoms with van der Waals surface area (Å²) < 4.78 is 0. The van der Waals surface area contributed by atoms with Crippen LogP contribution in [0.4, 0.5) is 0 Å². The van der Waals surface area contributed by atoms with E-state index < -0.39 is 11.4 Å². The number of rotatable bonds is 7. The normalized spacial score (nSPS) is 11.5. The first-order valence-electron chi connectivity index (χ1n) is 6.39. The quantitative estimate of drug-likeness (QED) is 0.780. The van der Waals surface area contributed by atoms with Crippen molar-refractivity contribution in [2.24, 2.45) is 5.41 Å². The minimum absolute atomic E-state index is 0.490. The van der Waals surface area contributed by atoms with Crippen molar-refractivity contribution in [1.82, 2.24) is 10.3 Å². The molecular weight excluding hydrogens is 228 g/mol. The van der Waals surface area contributed by atoms with E-state index in [9.17, 15) is 9.90 Å². The molecule has 18 heavy (non-hydrogen) atoms. The van der Waals surface area contributed by atoms with Gasteiger partial charge < -0.3 is 10.4 Å². The molecule has 0 aliphatic rings. The van der Waals surface area contributed by atoms with Crippen molar-refractivity contribution in [3.63, 3.8) is 0 Å². The third kappa shape index (κ3) is 3.29. The van der Waals surface area contributed by atoms with Crippen molar-refractivity contribution < 1.29 is 9.90 Å². The van der Waals surface area contributed by atoms with Crippen molar-refractivity contribution in [1.29, 1.82) is 0 Å². The van der Waals surface area contributed by atoms with Gasteiger partial charge in [-0.3, -0.25) is 9.78 Å². The van der Waals surface area contributed by atoms with Gasteiger partial charge in [0, 0.05) is 25.5 Å². The summed E-state index contributed by atoms with van der Waals surface area (Å²) in [6.45, 7) is 7.03. The van der Waals surface area contributed by atoms with E-state index in [1.54, 1.807) is 6.20 Å². The van der Waals surface area contributed by atoms with Gasteiger partial charge in [-0.05, 0) is 37.0 Å². The summed E-state index contributed by atoms with van der Waals surface area (Å²) in [6, 6.07) is 1.96. The van der Waals surface area contributed by atoms with Crippen LogP contribution in [0.1, 0.15) is 37.8 Å². The molecule has 1 rings (SSSR count). The van der Waals surface area contributed by atoms with Crippen molar-refractivity contribution in [2.45, 2.75) is 40.2 Å². The number of carboxylic acid groups (broad SMARTS) is 1. The Morgan fingerprint density at radius 3 is 2.61 bits per heavy atom. The van der Waals surface area contributed by atoms with Crippen LogP contribution in [-0.4, -0.2) is 22.6 Å². The van der Waals surface area contributed by atoms with Crippen LogP contribution in [0, 0.1) is 12.3 Å². The Labute approximate surface area is 108 Å². The first-order chi connectivity index (χ1) is 8.55. The lowest BCUT2D eigenvalue weighted by Gasteiger charge is -2.27. The fraction of sp³-hybridized carbons (Fsp3) is 0.571. The van der Waals surface area contributed by atoms with Crippen LogP contribution in [0.25, 0.3) is 0 Å². The van der Waals surface area contributed by atoms with E-state index in [0.29, 0.717) is 25.9 Å². The third-order valence-electron chi connectivity index (χ3n) is 3.73. The number of pyridine rings is 1. The fourth-order valence-corrected chi connectivity index (χ4v) is 2.00. The predicted octanol–water partition coefficient (Wildman–Crippen LogP) is 2.37. The van der Waals surface area contributed by atoms with E-state index in [-0.39, 0.29) is 0 Å². The zero-order valence-electron chi connectivity index (χ0n) is 11.4. The Balaban J connectivity index is 2.60. The number of carbonyl (C=O) groups is 1. The third-order valence-corrected chi connectivity index (χ3v) is 3.73. The van der Waals surface area contributed by atoms with E-state index in [4.69, 9.17) is 0 Å². The Morgan fingerprint density at radius 2 is 2.11 bits per heavy atom. The van der Waals surface area contributed by atoms with Gasteiger partial charge in [-0.2, -0.15) is 0 Å². The summed E-state index contributed by atoms with van der Waals surface area (Å²) in [6.07, 6.45) is 4.86. The molecule has 0 aliphatic carbocycles. The van der Waals surface area contributed by atoms with Gasteiger partial charge in [0.2, 0.25) is 0 Å². The number of carboxylic acids is 1. The maximum Gasteiger partial charge on any atom is 0.310 e. The number of nitrogens with zero attached hydrogens (tertiary/aromatic N) is 1. The number of nitrogens with one attached hydrogen (secondary N) is 1. The van der Waals surface area contributed by atoms with Gasteiger partial charge in [-0.25, -0.2) is 0 Å². The average Bonchev–Trinajstić information content (AvgIpc) is 2.37. The SMILES string of the molecule is CCC(CC)(CNCc1cnccc1C)C(=O)O. The van der Waals surface area contributed by atoms with Crippen LogP contribution < -0.4 is 5.32 Å². The number of hydrogen-bond acceptors (Lipinski definition) is 3. The van der Waals surface area contributed by atoms with Crippen LogP contribution >= 0.6 is 0 Å². The molecule has 4 nitrogen and oxygen atoms in total. The molecule has 0 amide bonds. The van der Waals surface area contributed by atoms with Crippen LogP contribution in [0.15, 0.2) is 18.5 Å². The highest BCUT2D eigenvalue weighted by Crippen LogP contribution is 2.25. The molecule has 0 fully saturated rings. The Hall–Kier alpha value is -1.42. The number of aliphatic carboxylic acids is 1. The number of aromatic nitrogens is 1. The first kappa shape index (κ1) is 14.6. The molecule has 2 N–H and O–H groups in total. The lowest BCUT2D eigenvalue weighted by molar-refractivity contribution is -0.149. The van der Waals surface area contributed by atoms with Crippen molar-refractivity contribution in [3.05, 3.63) is 29.6 Å². The van der Waals surface area contributed by atoms with Crippen molar-refractivity contribution in [2.75, 3.05) is 6.54 Å². The summed E-state index contributed by atoms with van der Waals surface area (Å²) in [5, 5.41) is 12.6. The van der Waals surface area contributed by atoms with Gasteiger partial charge in [-0.15, -0.1) is 0 Å². The Bertz CT molecular complexity index is 401. The summed E-state index contributed by atoms with van der Waals surface area (Å²) in [5.74, 6) is -0.720. The highest BCUT2D eigenvalue weighted by atomic mass is 16.4. The second-order valence-electron chi connectivity index (χ2n) is 4.70. The molecular formula is C14H22N2O2. The molecule has 1 heterocycles. The lowest BCUT2D eigenvalue weighted by atomic mass is 9.82. The second-order valence-corrected chi connectivity index (χ2v) is 4.70. The smallest absolute Gasteiger partial charge is 0.310 e. The molecule has 0 atom stereocenters. The van der Waals surface area contributed by atoms with Crippen molar-refractivity contribution >= 4 is 5.97 Å². The largest absolute Gasteiger partial charge is 0.481 e. The monoisotopic (exact) mass is 250 g/mol. The highest BCUT2D eigenvalue weighted by molar-refractivity contribution is 5.74.